The summed E-state index contributed by atoms with van der Waals surface area (Å²) in [6.45, 7) is 5.78. The zero-order valence-electron chi connectivity index (χ0n) is 17.7. The van der Waals surface area contributed by atoms with Gasteiger partial charge in [-0.25, -0.2) is 0 Å². The number of nitrogens with one attached hydrogen (secondary N) is 1. The van der Waals surface area contributed by atoms with Crippen LogP contribution in [0.25, 0.3) is 0 Å². The van der Waals surface area contributed by atoms with Crippen LogP contribution in [-0.4, -0.2) is 66.8 Å². The third-order valence-electron chi connectivity index (χ3n) is 5.66. The van der Waals surface area contributed by atoms with Crippen molar-refractivity contribution in [1.82, 2.24) is 15.1 Å². The van der Waals surface area contributed by atoms with E-state index in [4.69, 9.17) is 4.74 Å². The molecule has 0 saturated carbocycles. The van der Waals surface area contributed by atoms with Crippen LogP contribution in [0.1, 0.15) is 33.3 Å². The molecule has 2 aromatic carbocycles. The van der Waals surface area contributed by atoms with Crippen LogP contribution < -0.4 is 5.32 Å². The molecule has 2 aliphatic rings. The van der Waals surface area contributed by atoms with E-state index in [1.165, 1.54) is 0 Å². The number of carbonyl (C=O) groups is 2. The summed E-state index contributed by atoms with van der Waals surface area (Å²) in [5.41, 5.74) is 2.83. The van der Waals surface area contributed by atoms with E-state index in [2.05, 4.69) is 10.2 Å². The molecule has 0 aliphatic carbocycles. The van der Waals surface area contributed by atoms with Gasteiger partial charge in [0.1, 0.15) is 5.37 Å². The Morgan fingerprint density at radius 1 is 1.06 bits per heavy atom. The van der Waals surface area contributed by atoms with E-state index in [1.807, 2.05) is 59.5 Å². The highest BCUT2D eigenvalue weighted by Crippen LogP contribution is 2.39. The summed E-state index contributed by atoms with van der Waals surface area (Å²) >= 11 is 1.64. The minimum absolute atomic E-state index is 0.0154. The van der Waals surface area contributed by atoms with E-state index in [1.54, 1.807) is 11.8 Å². The van der Waals surface area contributed by atoms with Gasteiger partial charge in [-0.3, -0.25) is 14.5 Å². The minimum atomic E-state index is -0.0511. The molecule has 2 aliphatic heterocycles. The van der Waals surface area contributed by atoms with Gasteiger partial charge in [0.25, 0.3) is 5.91 Å². The van der Waals surface area contributed by atoms with Gasteiger partial charge in [0.05, 0.1) is 19.0 Å². The average molecular weight is 440 g/mol. The molecule has 164 valence electrons. The highest BCUT2D eigenvalue weighted by atomic mass is 32.2. The van der Waals surface area contributed by atoms with E-state index in [9.17, 15) is 9.59 Å². The Balaban J connectivity index is 1.29. The van der Waals surface area contributed by atoms with Crippen molar-refractivity contribution in [3.05, 3.63) is 71.3 Å². The first-order chi connectivity index (χ1) is 15.2. The Kier molecular flexibility index (Phi) is 7.61. The van der Waals surface area contributed by atoms with Gasteiger partial charge in [-0.05, 0) is 36.2 Å². The second-order valence-electron chi connectivity index (χ2n) is 7.86. The smallest absolute Gasteiger partial charge is 0.251 e. The standard InChI is InChI=1S/C24H29N3O3S/c28-22-18-31-24(27(22)17-19-5-2-1-3-6-19)21-9-7-20(8-10-21)23(29)25-11-4-12-26-13-15-30-16-14-26/h1-3,5-10,24H,4,11-18H2,(H,25,29)/t24-/m0/s1. The summed E-state index contributed by atoms with van der Waals surface area (Å²) in [5.74, 6) is 0.592. The number of ether oxygens (including phenoxy) is 1. The van der Waals surface area contributed by atoms with E-state index in [-0.39, 0.29) is 17.2 Å². The zero-order chi connectivity index (χ0) is 21.5. The van der Waals surface area contributed by atoms with Gasteiger partial charge in [0.15, 0.2) is 0 Å². The molecule has 2 amide bonds. The second-order valence-corrected chi connectivity index (χ2v) is 8.92. The molecule has 31 heavy (non-hydrogen) atoms. The molecule has 0 bridgehead atoms. The molecule has 0 spiro atoms. The molecule has 2 aromatic rings. The van der Waals surface area contributed by atoms with E-state index >= 15 is 0 Å². The van der Waals surface area contributed by atoms with Gasteiger partial charge in [-0.2, -0.15) is 0 Å². The zero-order valence-corrected chi connectivity index (χ0v) is 18.5. The Morgan fingerprint density at radius 2 is 1.81 bits per heavy atom. The largest absolute Gasteiger partial charge is 0.379 e. The van der Waals surface area contributed by atoms with Crippen molar-refractivity contribution in [2.45, 2.75) is 18.3 Å². The van der Waals surface area contributed by atoms with Crippen LogP contribution in [0.3, 0.4) is 0 Å². The molecular formula is C24H29N3O3S. The summed E-state index contributed by atoms with van der Waals surface area (Å²) < 4.78 is 5.36. The van der Waals surface area contributed by atoms with Gasteiger partial charge in [-0.15, -0.1) is 11.8 Å². The maximum atomic E-state index is 12.5. The van der Waals surface area contributed by atoms with Crippen LogP contribution >= 0.6 is 11.8 Å². The Bertz CT molecular complexity index is 869. The lowest BCUT2D eigenvalue weighted by molar-refractivity contribution is -0.128. The van der Waals surface area contributed by atoms with Crippen LogP contribution in [0.4, 0.5) is 0 Å². The molecule has 2 saturated heterocycles. The number of rotatable bonds is 8. The SMILES string of the molecule is O=C(NCCCN1CCOCC1)c1ccc([C@@H]2SCC(=O)N2Cc2ccccc2)cc1. The van der Waals surface area contributed by atoms with Gasteiger partial charge >= 0.3 is 0 Å². The van der Waals surface area contributed by atoms with Crippen molar-refractivity contribution in [3.8, 4) is 0 Å². The monoisotopic (exact) mass is 439 g/mol. The van der Waals surface area contributed by atoms with Gasteiger partial charge in [-0.1, -0.05) is 42.5 Å². The quantitative estimate of drug-likeness (QED) is 0.641. The van der Waals surface area contributed by atoms with Crippen molar-refractivity contribution in [2.75, 3.05) is 45.1 Å². The van der Waals surface area contributed by atoms with Crippen LogP contribution in [0.2, 0.25) is 0 Å². The number of benzene rings is 2. The molecule has 4 rings (SSSR count). The number of carbonyl (C=O) groups excluding carboxylic acids is 2. The summed E-state index contributed by atoms with van der Waals surface area (Å²) in [4.78, 5) is 29.2. The second kappa shape index (κ2) is 10.8. The molecule has 1 N–H and O–H groups in total. The highest BCUT2D eigenvalue weighted by molar-refractivity contribution is 8.00. The third-order valence-corrected chi connectivity index (χ3v) is 6.92. The molecule has 0 radical (unpaired) electrons. The van der Waals surface area contributed by atoms with Crippen LogP contribution in [0.15, 0.2) is 54.6 Å². The fraction of sp³-hybridized carbons (Fsp3) is 0.417. The normalized spacial score (nSPS) is 19.5. The fourth-order valence-electron chi connectivity index (χ4n) is 3.91. The predicted octanol–water partition coefficient (Wildman–Crippen LogP) is 2.91. The first kappa shape index (κ1) is 21.9. The lowest BCUT2D eigenvalue weighted by atomic mass is 10.1. The molecular weight excluding hydrogens is 410 g/mol. The maximum Gasteiger partial charge on any atom is 0.251 e. The lowest BCUT2D eigenvalue weighted by Crippen LogP contribution is -2.38. The fourth-order valence-corrected chi connectivity index (χ4v) is 5.10. The third kappa shape index (κ3) is 5.87. The van der Waals surface area contributed by atoms with Gasteiger partial charge < -0.3 is 15.0 Å². The van der Waals surface area contributed by atoms with Gasteiger partial charge in [0, 0.05) is 31.7 Å². The van der Waals surface area contributed by atoms with Gasteiger partial charge in [0.2, 0.25) is 5.91 Å². The molecule has 7 heteroatoms. The van der Waals surface area contributed by atoms with Crippen LogP contribution in [0, 0.1) is 0 Å². The Labute approximate surface area is 187 Å². The molecule has 0 aromatic heterocycles. The topological polar surface area (TPSA) is 61.9 Å². The maximum absolute atomic E-state index is 12.5. The van der Waals surface area contributed by atoms with E-state index in [0.29, 0.717) is 24.4 Å². The first-order valence-electron chi connectivity index (χ1n) is 10.8. The number of thioether (sulfide) groups is 1. The number of hydrogen-bond donors (Lipinski definition) is 1. The predicted molar refractivity (Wildman–Crippen MR) is 123 cm³/mol. The average Bonchev–Trinajstić information content (AvgIpc) is 3.18. The molecule has 2 fully saturated rings. The summed E-state index contributed by atoms with van der Waals surface area (Å²) in [5, 5.41) is 2.99. The summed E-state index contributed by atoms with van der Waals surface area (Å²) in [6.07, 6.45) is 0.930. The molecule has 6 nitrogen and oxygen atoms in total. The van der Waals surface area contributed by atoms with Crippen molar-refractivity contribution in [2.24, 2.45) is 0 Å². The molecule has 2 heterocycles. The molecule has 0 unspecified atom stereocenters. The summed E-state index contributed by atoms with van der Waals surface area (Å²) in [6, 6.07) is 17.7. The van der Waals surface area contributed by atoms with E-state index in [0.717, 1.165) is 50.4 Å². The van der Waals surface area contributed by atoms with E-state index < -0.39 is 0 Å². The minimum Gasteiger partial charge on any atom is -0.379 e. The summed E-state index contributed by atoms with van der Waals surface area (Å²) in [7, 11) is 0. The number of amides is 2. The van der Waals surface area contributed by atoms with Crippen molar-refractivity contribution < 1.29 is 14.3 Å². The van der Waals surface area contributed by atoms with Crippen LogP contribution in [0.5, 0.6) is 0 Å². The Morgan fingerprint density at radius 3 is 2.55 bits per heavy atom. The lowest BCUT2D eigenvalue weighted by Gasteiger charge is -2.26. The van der Waals surface area contributed by atoms with Crippen molar-refractivity contribution in [3.63, 3.8) is 0 Å². The first-order valence-corrected chi connectivity index (χ1v) is 11.9. The number of nitrogens with zero attached hydrogens (tertiary/aromatic N) is 2. The molecule has 1 atom stereocenters. The van der Waals surface area contributed by atoms with Crippen molar-refractivity contribution >= 4 is 23.6 Å². The highest BCUT2D eigenvalue weighted by Gasteiger charge is 2.32. The van der Waals surface area contributed by atoms with Crippen LogP contribution in [-0.2, 0) is 16.1 Å². The van der Waals surface area contributed by atoms with Crippen molar-refractivity contribution in [1.29, 1.82) is 0 Å². The number of morpholine rings is 1. The number of hydrogen-bond acceptors (Lipinski definition) is 5. The Hall–Kier alpha value is -2.35.